The summed E-state index contributed by atoms with van der Waals surface area (Å²) < 4.78 is 16.9. The number of benzene rings is 1. The maximum Gasteiger partial charge on any atom is 0.274 e. The summed E-state index contributed by atoms with van der Waals surface area (Å²) in [6.07, 6.45) is 4.61. The Labute approximate surface area is 201 Å². The number of hydrogen-bond acceptors (Lipinski definition) is 5. The zero-order chi connectivity index (χ0) is 24.4. The number of carbonyl (C=O) groups excluding carboxylic acids is 1. The lowest BCUT2D eigenvalue weighted by Crippen LogP contribution is -2.27. The molecule has 5 rings (SSSR count). The number of amides is 1. The molecule has 180 valence electrons. The van der Waals surface area contributed by atoms with Crippen LogP contribution in [-0.2, 0) is 19.7 Å². The van der Waals surface area contributed by atoms with Gasteiger partial charge in [-0.1, -0.05) is 11.6 Å². The van der Waals surface area contributed by atoms with E-state index in [-0.39, 0.29) is 16.8 Å². The van der Waals surface area contributed by atoms with E-state index < -0.39 is 11.4 Å². The van der Waals surface area contributed by atoms with Crippen LogP contribution < -0.4 is 11.1 Å². The van der Waals surface area contributed by atoms with E-state index in [1.165, 1.54) is 18.2 Å². The minimum Gasteiger partial charge on any atom is -0.384 e. The van der Waals surface area contributed by atoms with Crippen LogP contribution >= 0.6 is 11.6 Å². The average Bonchev–Trinajstić information content (AvgIpc) is 3.46. The minimum atomic E-state index is -0.948. The monoisotopic (exact) mass is 486 g/mol. The molecule has 2 fully saturated rings. The molecule has 8 nitrogen and oxygen atoms in total. The van der Waals surface area contributed by atoms with Gasteiger partial charge in [-0.15, -0.1) is 0 Å². The van der Waals surface area contributed by atoms with Crippen molar-refractivity contribution in [3.05, 3.63) is 58.0 Å². The number of aliphatic hydroxyl groups is 1. The SMILES string of the molecule is Cc1c(N)nn(C)c1C1(O)CC2CC(c3ncn(C)c3C(=O)Nc3ccc(F)c(Cl)c3)CC2C1. The van der Waals surface area contributed by atoms with E-state index in [0.29, 0.717) is 41.9 Å². The predicted molar refractivity (Wildman–Crippen MR) is 127 cm³/mol. The molecule has 2 atom stereocenters. The second-order valence-electron chi connectivity index (χ2n) is 9.78. The first-order chi connectivity index (χ1) is 16.1. The Bertz CT molecular complexity index is 1270. The third kappa shape index (κ3) is 3.67. The highest BCUT2D eigenvalue weighted by Crippen LogP contribution is 2.57. The molecule has 0 saturated heterocycles. The van der Waals surface area contributed by atoms with Gasteiger partial charge < -0.3 is 20.7 Å². The van der Waals surface area contributed by atoms with Crippen LogP contribution in [0.5, 0.6) is 0 Å². The molecular formula is C24H28ClFN6O2. The highest BCUT2D eigenvalue weighted by Gasteiger charge is 2.52. The largest absolute Gasteiger partial charge is 0.384 e. The Hall–Kier alpha value is -2.91. The maximum atomic E-state index is 13.5. The molecule has 0 bridgehead atoms. The standard InChI is InChI=1S/C24H28ClFN6O2/c1-12-21(32(3)30-22(12)27)24(34)9-14-6-13(7-15(14)10-24)19-20(31(2)11-28-19)23(33)29-16-4-5-18(26)17(25)8-16/h4-5,8,11,13-15,34H,6-7,9-10H2,1-3H3,(H2,27,30)(H,29,33). The normalized spacial score (nSPS) is 26.1. The number of aromatic nitrogens is 4. The van der Waals surface area contributed by atoms with Gasteiger partial charge in [-0.3, -0.25) is 9.48 Å². The number of aryl methyl sites for hydroxylation is 2. The molecule has 2 unspecified atom stereocenters. The van der Waals surface area contributed by atoms with Crippen LogP contribution in [0.4, 0.5) is 15.9 Å². The number of anilines is 2. The molecular weight excluding hydrogens is 459 g/mol. The third-order valence-corrected chi connectivity index (χ3v) is 7.84. The topological polar surface area (TPSA) is 111 Å². The number of halogens is 2. The molecule has 3 aromatic rings. The Kier molecular flexibility index (Phi) is 5.44. The van der Waals surface area contributed by atoms with E-state index in [9.17, 15) is 14.3 Å². The number of rotatable bonds is 4. The fraction of sp³-hybridized carbons (Fsp3) is 0.458. The van der Waals surface area contributed by atoms with E-state index in [1.807, 2.05) is 14.0 Å². The second-order valence-corrected chi connectivity index (χ2v) is 10.2. The molecule has 0 radical (unpaired) electrons. The molecule has 34 heavy (non-hydrogen) atoms. The predicted octanol–water partition coefficient (Wildman–Crippen LogP) is 3.88. The zero-order valence-electron chi connectivity index (χ0n) is 19.3. The summed E-state index contributed by atoms with van der Waals surface area (Å²) in [4.78, 5) is 17.7. The van der Waals surface area contributed by atoms with E-state index in [2.05, 4.69) is 15.4 Å². The van der Waals surface area contributed by atoms with Crippen molar-refractivity contribution in [1.82, 2.24) is 19.3 Å². The van der Waals surface area contributed by atoms with Crippen molar-refractivity contribution >= 4 is 29.0 Å². The number of hydrogen-bond donors (Lipinski definition) is 3. The maximum absolute atomic E-state index is 13.5. The number of nitrogen functional groups attached to an aromatic ring is 1. The summed E-state index contributed by atoms with van der Waals surface area (Å²) in [6, 6.07) is 4.08. The molecule has 4 N–H and O–H groups in total. The second kappa shape index (κ2) is 8.09. The quantitative estimate of drug-likeness (QED) is 0.518. The Balaban J connectivity index is 1.34. The van der Waals surface area contributed by atoms with Gasteiger partial charge in [0.15, 0.2) is 0 Å². The average molecular weight is 487 g/mol. The minimum absolute atomic E-state index is 0.0513. The Morgan fingerprint density at radius 1 is 1.29 bits per heavy atom. The molecule has 0 aliphatic heterocycles. The molecule has 2 aliphatic rings. The van der Waals surface area contributed by atoms with Gasteiger partial charge in [-0.25, -0.2) is 9.37 Å². The van der Waals surface area contributed by atoms with Crippen LogP contribution in [0.15, 0.2) is 24.5 Å². The summed E-state index contributed by atoms with van der Waals surface area (Å²) >= 11 is 5.85. The van der Waals surface area contributed by atoms with Crippen molar-refractivity contribution in [1.29, 1.82) is 0 Å². The van der Waals surface area contributed by atoms with Crippen molar-refractivity contribution in [2.24, 2.45) is 25.9 Å². The number of carbonyl (C=O) groups is 1. The van der Waals surface area contributed by atoms with Crippen LogP contribution in [0.1, 0.15) is 59.0 Å². The van der Waals surface area contributed by atoms with Crippen molar-refractivity contribution in [3.63, 3.8) is 0 Å². The van der Waals surface area contributed by atoms with Crippen LogP contribution in [-0.4, -0.2) is 30.3 Å². The number of fused-ring (bicyclic) bond motifs is 1. The van der Waals surface area contributed by atoms with Gasteiger partial charge in [0.05, 0.1) is 22.7 Å². The van der Waals surface area contributed by atoms with Gasteiger partial charge in [0.2, 0.25) is 0 Å². The van der Waals surface area contributed by atoms with Gasteiger partial charge >= 0.3 is 0 Å². The molecule has 1 aromatic carbocycles. The number of nitrogens with zero attached hydrogens (tertiary/aromatic N) is 4. The van der Waals surface area contributed by atoms with Crippen LogP contribution in [0.3, 0.4) is 0 Å². The van der Waals surface area contributed by atoms with E-state index >= 15 is 0 Å². The molecule has 2 heterocycles. The first-order valence-corrected chi connectivity index (χ1v) is 11.7. The van der Waals surface area contributed by atoms with Gasteiger partial charge in [0.25, 0.3) is 5.91 Å². The van der Waals surface area contributed by atoms with E-state index in [0.717, 1.165) is 29.8 Å². The smallest absolute Gasteiger partial charge is 0.274 e. The first-order valence-electron chi connectivity index (χ1n) is 11.4. The van der Waals surface area contributed by atoms with Crippen LogP contribution in [0.25, 0.3) is 0 Å². The van der Waals surface area contributed by atoms with Crippen LogP contribution in [0.2, 0.25) is 5.02 Å². The molecule has 2 saturated carbocycles. The molecule has 0 spiro atoms. The van der Waals surface area contributed by atoms with E-state index in [1.54, 1.807) is 22.6 Å². The fourth-order valence-corrected chi connectivity index (χ4v) is 6.35. The summed E-state index contributed by atoms with van der Waals surface area (Å²) in [5.41, 5.74) is 8.33. The number of imidazole rings is 1. The van der Waals surface area contributed by atoms with Crippen LogP contribution in [0, 0.1) is 24.6 Å². The third-order valence-electron chi connectivity index (χ3n) is 7.55. The van der Waals surface area contributed by atoms with Gasteiger partial charge in [0, 0.05) is 31.3 Å². The fourth-order valence-electron chi connectivity index (χ4n) is 6.17. The Morgan fingerprint density at radius 2 is 1.97 bits per heavy atom. The lowest BCUT2D eigenvalue weighted by molar-refractivity contribution is 0.0257. The molecule has 10 heteroatoms. The first kappa shape index (κ1) is 22.9. The number of nitrogens with two attached hydrogens (primary N) is 1. The summed E-state index contributed by atoms with van der Waals surface area (Å²) in [7, 11) is 3.60. The van der Waals surface area contributed by atoms with Gasteiger partial charge in [-0.2, -0.15) is 5.10 Å². The van der Waals surface area contributed by atoms with Crippen molar-refractivity contribution < 1.29 is 14.3 Å². The van der Waals surface area contributed by atoms with Gasteiger partial charge in [-0.05, 0) is 62.6 Å². The summed E-state index contributed by atoms with van der Waals surface area (Å²) in [6.45, 7) is 1.90. The van der Waals surface area contributed by atoms with Crippen molar-refractivity contribution in [3.8, 4) is 0 Å². The Morgan fingerprint density at radius 3 is 2.56 bits per heavy atom. The highest BCUT2D eigenvalue weighted by atomic mass is 35.5. The van der Waals surface area contributed by atoms with Gasteiger partial charge in [0.1, 0.15) is 22.9 Å². The van der Waals surface area contributed by atoms with E-state index in [4.69, 9.17) is 17.3 Å². The summed E-state index contributed by atoms with van der Waals surface area (Å²) in [5.74, 6) is 0.358. The molecule has 2 aliphatic carbocycles. The molecule has 1 amide bonds. The lowest BCUT2D eigenvalue weighted by Gasteiger charge is -2.26. The lowest BCUT2D eigenvalue weighted by atomic mass is 9.88. The van der Waals surface area contributed by atoms with Crippen molar-refractivity contribution in [2.45, 2.75) is 44.1 Å². The molecule has 2 aromatic heterocycles. The summed E-state index contributed by atoms with van der Waals surface area (Å²) in [5, 5.41) is 18.6. The zero-order valence-corrected chi connectivity index (χ0v) is 20.1. The highest BCUT2D eigenvalue weighted by molar-refractivity contribution is 6.31. The number of nitrogens with one attached hydrogen (secondary N) is 1. The van der Waals surface area contributed by atoms with Crippen molar-refractivity contribution in [2.75, 3.05) is 11.1 Å².